The summed E-state index contributed by atoms with van der Waals surface area (Å²) in [5, 5.41) is 20.9. The van der Waals surface area contributed by atoms with Crippen LogP contribution in [-0.2, 0) is 16.0 Å². The van der Waals surface area contributed by atoms with Crippen molar-refractivity contribution in [2.45, 2.75) is 38.8 Å². The Labute approximate surface area is 197 Å². The summed E-state index contributed by atoms with van der Waals surface area (Å²) in [6, 6.07) is 12.7. The van der Waals surface area contributed by atoms with Crippen LogP contribution in [0.4, 0.5) is 16.2 Å². The molecule has 0 fully saturated rings. The van der Waals surface area contributed by atoms with Crippen LogP contribution in [0.1, 0.15) is 36.2 Å². The van der Waals surface area contributed by atoms with Gasteiger partial charge in [-0.05, 0) is 56.2 Å². The van der Waals surface area contributed by atoms with Crippen LogP contribution < -0.4 is 21.3 Å². The van der Waals surface area contributed by atoms with Crippen LogP contribution in [0.15, 0.2) is 53.5 Å². The van der Waals surface area contributed by atoms with Crippen LogP contribution in [0.25, 0.3) is 0 Å². The van der Waals surface area contributed by atoms with Crippen LogP contribution in [0.5, 0.6) is 0 Å². The molecule has 2 aromatic carbocycles. The number of alkyl carbamates (subject to hydrolysis) is 1. The van der Waals surface area contributed by atoms with Gasteiger partial charge in [-0.2, -0.15) is 0 Å². The second-order valence-electron chi connectivity index (χ2n) is 8.06. The molecule has 0 saturated carbocycles. The van der Waals surface area contributed by atoms with Crippen molar-refractivity contribution >= 4 is 35.3 Å². The highest BCUT2D eigenvalue weighted by Crippen LogP contribution is 2.16. The highest BCUT2D eigenvalue weighted by molar-refractivity contribution is 6.05. The van der Waals surface area contributed by atoms with E-state index in [1.165, 1.54) is 0 Å². The molecule has 0 aromatic heterocycles. The Bertz CT molecular complexity index is 1050. The predicted octanol–water partition coefficient (Wildman–Crippen LogP) is 2.83. The summed E-state index contributed by atoms with van der Waals surface area (Å²) in [4.78, 5) is 40.3. The summed E-state index contributed by atoms with van der Waals surface area (Å²) >= 11 is 0. The van der Waals surface area contributed by atoms with E-state index in [1.54, 1.807) is 56.3 Å². The summed E-state index contributed by atoms with van der Waals surface area (Å²) in [6.45, 7) is 4.97. The maximum atomic E-state index is 12.7. The van der Waals surface area contributed by atoms with Crippen LogP contribution in [0, 0.1) is 0 Å². The van der Waals surface area contributed by atoms with Gasteiger partial charge in [-0.15, -0.1) is 0 Å². The van der Waals surface area contributed by atoms with E-state index >= 15 is 0 Å². The minimum Gasteiger partial charge on any atom is -0.480 e. The van der Waals surface area contributed by atoms with Gasteiger partial charge in [-0.3, -0.25) is 9.79 Å². The smallest absolute Gasteiger partial charge is 0.408 e. The summed E-state index contributed by atoms with van der Waals surface area (Å²) in [7, 11) is 0. The number of nitrogens with zero attached hydrogens (tertiary/aromatic N) is 1. The molecule has 0 bridgehead atoms. The van der Waals surface area contributed by atoms with Crippen LogP contribution in [0.2, 0.25) is 0 Å². The fourth-order valence-corrected chi connectivity index (χ4v) is 3.24. The number of ether oxygens (including phenoxy) is 1. The SMILES string of the molecule is CC(C)OC(=O)NC(Cc1ccc(NC(=O)c2cccc(NC3=NCCCN3)c2)cc1)C(=O)O. The molecule has 34 heavy (non-hydrogen) atoms. The van der Waals surface area contributed by atoms with Gasteiger partial charge in [0.05, 0.1) is 6.10 Å². The lowest BCUT2D eigenvalue weighted by Gasteiger charge is -2.16. The number of carboxylic acid groups (broad SMARTS) is 1. The Morgan fingerprint density at radius 3 is 2.53 bits per heavy atom. The highest BCUT2D eigenvalue weighted by Gasteiger charge is 2.21. The number of hydrogen-bond acceptors (Lipinski definition) is 7. The second-order valence-corrected chi connectivity index (χ2v) is 8.06. The standard InChI is InChI=1S/C24H29N5O5/c1-15(2)34-24(33)29-20(22(31)32)13-16-7-9-18(10-8-16)27-21(30)17-5-3-6-19(14-17)28-23-25-11-4-12-26-23/h3,5-10,14-15,20H,4,11-13H2,1-2H3,(H,27,30)(H,29,33)(H,31,32)(H2,25,26,28). The highest BCUT2D eigenvalue weighted by atomic mass is 16.6. The van der Waals surface area contributed by atoms with Gasteiger partial charge in [0, 0.05) is 36.4 Å². The zero-order valence-corrected chi connectivity index (χ0v) is 19.1. The molecular weight excluding hydrogens is 438 g/mol. The lowest BCUT2D eigenvalue weighted by Crippen LogP contribution is -2.43. The number of amides is 2. The van der Waals surface area contributed by atoms with Crippen LogP contribution in [-0.4, -0.2) is 54.3 Å². The molecule has 0 spiro atoms. The molecule has 5 N–H and O–H groups in total. The van der Waals surface area contributed by atoms with Gasteiger partial charge in [0.2, 0.25) is 0 Å². The van der Waals surface area contributed by atoms with Crippen LogP contribution in [0.3, 0.4) is 0 Å². The van der Waals surface area contributed by atoms with Gasteiger partial charge in [0.15, 0.2) is 5.96 Å². The number of benzene rings is 2. The fourth-order valence-electron chi connectivity index (χ4n) is 3.24. The first kappa shape index (κ1) is 24.6. The number of carboxylic acids is 1. The van der Waals surface area contributed by atoms with E-state index in [4.69, 9.17) is 4.74 Å². The molecule has 0 saturated heterocycles. The second kappa shape index (κ2) is 11.7. The van der Waals surface area contributed by atoms with Crippen molar-refractivity contribution in [2.24, 2.45) is 4.99 Å². The number of carbonyl (C=O) groups excluding carboxylic acids is 2. The predicted molar refractivity (Wildman–Crippen MR) is 129 cm³/mol. The lowest BCUT2D eigenvalue weighted by atomic mass is 10.1. The Hall–Kier alpha value is -4.08. The minimum absolute atomic E-state index is 0.0718. The largest absolute Gasteiger partial charge is 0.480 e. The average Bonchev–Trinajstić information content (AvgIpc) is 2.80. The van der Waals surface area contributed by atoms with Crippen LogP contribution >= 0.6 is 0 Å². The molecular formula is C24H29N5O5. The lowest BCUT2D eigenvalue weighted by molar-refractivity contribution is -0.139. The van der Waals surface area contributed by atoms with Crippen molar-refractivity contribution < 1.29 is 24.2 Å². The van der Waals surface area contributed by atoms with Gasteiger partial charge < -0.3 is 31.1 Å². The van der Waals surface area contributed by atoms with E-state index in [1.807, 2.05) is 6.07 Å². The molecule has 2 aromatic rings. The number of guanidine groups is 1. The first-order chi connectivity index (χ1) is 16.3. The van der Waals surface area contributed by atoms with Crippen molar-refractivity contribution in [2.75, 3.05) is 23.7 Å². The van der Waals surface area contributed by atoms with Crippen molar-refractivity contribution in [3.05, 3.63) is 59.7 Å². The Balaban J connectivity index is 1.59. The van der Waals surface area contributed by atoms with Crippen molar-refractivity contribution in [3.63, 3.8) is 0 Å². The van der Waals surface area contributed by atoms with E-state index in [9.17, 15) is 19.5 Å². The van der Waals surface area contributed by atoms with Gasteiger partial charge in [0.25, 0.3) is 5.91 Å². The number of anilines is 2. The molecule has 3 rings (SSSR count). The quantitative estimate of drug-likeness (QED) is 0.402. The number of aliphatic imine (C=N–C) groups is 1. The Morgan fingerprint density at radius 2 is 1.88 bits per heavy atom. The van der Waals surface area contributed by atoms with Gasteiger partial charge in [0.1, 0.15) is 6.04 Å². The molecule has 1 aliphatic heterocycles. The van der Waals surface area contributed by atoms with Crippen molar-refractivity contribution in [1.82, 2.24) is 10.6 Å². The maximum absolute atomic E-state index is 12.7. The summed E-state index contributed by atoms with van der Waals surface area (Å²) in [6.07, 6.45) is -0.0757. The number of hydrogen-bond donors (Lipinski definition) is 5. The number of carbonyl (C=O) groups is 3. The third-order valence-corrected chi connectivity index (χ3v) is 4.87. The molecule has 10 heteroatoms. The monoisotopic (exact) mass is 467 g/mol. The summed E-state index contributed by atoms with van der Waals surface area (Å²) in [5.74, 6) is -0.761. The zero-order chi connectivity index (χ0) is 24.5. The first-order valence-corrected chi connectivity index (χ1v) is 11.1. The normalized spacial score (nSPS) is 13.8. The molecule has 1 atom stereocenters. The molecule has 1 aliphatic rings. The minimum atomic E-state index is -1.17. The molecule has 0 radical (unpaired) electrons. The fraction of sp³-hybridized carbons (Fsp3) is 0.333. The summed E-state index contributed by atoms with van der Waals surface area (Å²) in [5.41, 5.74) is 2.47. The van der Waals surface area contributed by atoms with Crippen molar-refractivity contribution in [1.29, 1.82) is 0 Å². The number of aliphatic carboxylic acids is 1. The number of nitrogens with one attached hydrogen (secondary N) is 4. The number of rotatable bonds is 8. The van der Waals surface area contributed by atoms with E-state index in [0.717, 1.165) is 25.2 Å². The van der Waals surface area contributed by atoms with Crippen molar-refractivity contribution in [3.8, 4) is 0 Å². The first-order valence-electron chi connectivity index (χ1n) is 11.1. The zero-order valence-electron chi connectivity index (χ0n) is 19.1. The van der Waals surface area contributed by atoms with E-state index in [2.05, 4.69) is 26.3 Å². The van der Waals surface area contributed by atoms with Gasteiger partial charge >= 0.3 is 12.1 Å². The third-order valence-electron chi connectivity index (χ3n) is 4.87. The molecule has 10 nitrogen and oxygen atoms in total. The molecule has 1 heterocycles. The maximum Gasteiger partial charge on any atom is 0.408 e. The topological polar surface area (TPSA) is 141 Å². The van der Waals surface area contributed by atoms with E-state index in [-0.39, 0.29) is 18.4 Å². The molecule has 180 valence electrons. The van der Waals surface area contributed by atoms with Gasteiger partial charge in [-0.25, -0.2) is 9.59 Å². The molecule has 1 unspecified atom stereocenters. The average molecular weight is 468 g/mol. The van der Waals surface area contributed by atoms with Gasteiger partial charge in [-0.1, -0.05) is 18.2 Å². The van der Waals surface area contributed by atoms with E-state index < -0.39 is 18.1 Å². The Morgan fingerprint density at radius 1 is 1.12 bits per heavy atom. The third kappa shape index (κ3) is 7.51. The summed E-state index contributed by atoms with van der Waals surface area (Å²) < 4.78 is 4.95. The Kier molecular flexibility index (Phi) is 8.44. The van der Waals surface area contributed by atoms with E-state index in [0.29, 0.717) is 22.8 Å². The molecule has 2 amide bonds. The molecule has 0 aliphatic carbocycles.